The molecular weight excluding hydrogens is 225 g/mol. The zero-order chi connectivity index (χ0) is 10.7. The number of aromatic nitrogens is 1. The Morgan fingerprint density at radius 3 is 2.64 bits per heavy atom. The van der Waals surface area contributed by atoms with Crippen LogP contribution < -0.4 is 0 Å². The van der Waals surface area contributed by atoms with Crippen molar-refractivity contribution < 1.29 is 9.53 Å². The van der Waals surface area contributed by atoms with Gasteiger partial charge < -0.3 is 9.30 Å². The van der Waals surface area contributed by atoms with Gasteiger partial charge in [0, 0.05) is 7.05 Å². The summed E-state index contributed by atoms with van der Waals surface area (Å²) in [5, 5.41) is 0.702. The lowest BCUT2D eigenvalue weighted by Crippen LogP contribution is -2.10. The van der Waals surface area contributed by atoms with Gasteiger partial charge in [-0.2, -0.15) is 0 Å². The smallest absolute Gasteiger partial charge is 0.355 e. The first-order chi connectivity index (χ1) is 6.57. The van der Waals surface area contributed by atoms with Gasteiger partial charge in [-0.15, -0.1) is 0 Å². The van der Waals surface area contributed by atoms with Crippen LogP contribution in [-0.4, -0.2) is 17.1 Å². The Morgan fingerprint density at radius 2 is 2.21 bits per heavy atom. The molecule has 1 rings (SSSR count). The minimum absolute atomic E-state index is 0.343. The van der Waals surface area contributed by atoms with Gasteiger partial charge in [-0.3, -0.25) is 0 Å². The van der Waals surface area contributed by atoms with E-state index in [0.717, 1.165) is 6.42 Å². The minimum atomic E-state index is -0.400. The molecule has 0 atom stereocenters. The lowest BCUT2D eigenvalue weighted by molar-refractivity contribution is 0.0494. The molecule has 0 unspecified atom stereocenters. The summed E-state index contributed by atoms with van der Waals surface area (Å²) in [6.07, 6.45) is 0.789. The molecule has 0 saturated heterocycles. The molecule has 5 heteroatoms. The van der Waals surface area contributed by atoms with E-state index in [-0.39, 0.29) is 0 Å². The van der Waals surface area contributed by atoms with Gasteiger partial charge in [-0.25, -0.2) is 4.79 Å². The Kier molecular flexibility index (Phi) is 3.84. The summed E-state index contributed by atoms with van der Waals surface area (Å²) in [6.45, 7) is 2.33. The number of carbonyl (C=O) groups is 1. The fraction of sp³-hybridized carbons (Fsp3) is 0.444. The summed E-state index contributed by atoms with van der Waals surface area (Å²) < 4.78 is 6.45. The van der Waals surface area contributed by atoms with E-state index in [2.05, 4.69) is 0 Å². The molecule has 0 spiro atoms. The van der Waals surface area contributed by atoms with Crippen molar-refractivity contribution in [3.8, 4) is 0 Å². The SMILES string of the molecule is CCCOC(=O)c1cc(Cl)c(Cl)n1C. The van der Waals surface area contributed by atoms with Crippen LogP contribution in [0.4, 0.5) is 0 Å². The van der Waals surface area contributed by atoms with Crippen molar-refractivity contribution in [2.75, 3.05) is 6.61 Å². The van der Waals surface area contributed by atoms with Crippen molar-refractivity contribution in [3.63, 3.8) is 0 Å². The van der Waals surface area contributed by atoms with Crippen molar-refractivity contribution in [2.24, 2.45) is 7.05 Å². The highest BCUT2D eigenvalue weighted by Crippen LogP contribution is 2.25. The van der Waals surface area contributed by atoms with Gasteiger partial charge in [-0.1, -0.05) is 30.1 Å². The standard InChI is InChI=1S/C9H11Cl2NO2/c1-3-4-14-9(13)7-5-6(10)8(11)12(7)2/h5H,3-4H2,1-2H3. The normalized spacial score (nSPS) is 10.3. The van der Waals surface area contributed by atoms with Gasteiger partial charge in [0.15, 0.2) is 0 Å². The molecule has 3 nitrogen and oxygen atoms in total. The first kappa shape index (κ1) is 11.4. The molecule has 0 amide bonds. The Bertz CT molecular complexity index is 347. The molecule has 0 bridgehead atoms. The summed E-state index contributed by atoms with van der Waals surface area (Å²) in [4.78, 5) is 11.4. The predicted octanol–water partition coefficient (Wildman–Crippen LogP) is 2.90. The molecule has 0 aliphatic carbocycles. The molecule has 0 aliphatic heterocycles. The van der Waals surface area contributed by atoms with Gasteiger partial charge >= 0.3 is 5.97 Å². The van der Waals surface area contributed by atoms with Crippen LogP contribution in [0.1, 0.15) is 23.8 Å². The van der Waals surface area contributed by atoms with E-state index in [1.807, 2.05) is 6.92 Å². The number of hydrogen-bond acceptors (Lipinski definition) is 2. The maximum atomic E-state index is 11.4. The summed E-state index contributed by atoms with van der Waals surface area (Å²) in [7, 11) is 1.66. The first-order valence-corrected chi connectivity index (χ1v) is 5.01. The van der Waals surface area contributed by atoms with E-state index in [0.29, 0.717) is 22.5 Å². The van der Waals surface area contributed by atoms with E-state index in [1.165, 1.54) is 10.6 Å². The molecule has 0 saturated carbocycles. The average Bonchev–Trinajstić information content (AvgIpc) is 2.42. The van der Waals surface area contributed by atoms with E-state index in [9.17, 15) is 4.79 Å². The molecule has 0 fully saturated rings. The number of carbonyl (C=O) groups excluding carboxylic acids is 1. The summed E-state index contributed by atoms with van der Waals surface area (Å²) in [5.74, 6) is -0.400. The largest absolute Gasteiger partial charge is 0.461 e. The molecule has 1 aromatic rings. The maximum absolute atomic E-state index is 11.4. The maximum Gasteiger partial charge on any atom is 0.355 e. The van der Waals surface area contributed by atoms with Crippen molar-refractivity contribution in [1.82, 2.24) is 4.57 Å². The molecule has 0 N–H and O–H groups in total. The fourth-order valence-electron chi connectivity index (χ4n) is 1.01. The number of nitrogens with zero attached hydrogens (tertiary/aromatic N) is 1. The Labute approximate surface area is 92.6 Å². The van der Waals surface area contributed by atoms with E-state index < -0.39 is 5.97 Å². The number of hydrogen-bond donors (Lipinski definition) is 0. The van der Waals surface area contributed by atoms with Crippen LogP contribution in [0.5, 0.6) is 0 Å². The highest BCUT2D eigenvalue weighted by atomic mass is 35.5. The van der Waals surface area contributed by atoms with Gasteiger partial charge in [-0.05, 0) is 12.5 Å². The molecule has 0 radical (unpaired) electrons. The molecule has 78 valence electrons. The summed E-state index contributed by atoms with van der Waals surface area (Å²) in [6, 6.07) is 1.50. The number of esters is 1. The van der Waals surface area contributed by atoms with Crippen molar-refractivity contribution in [2.45, 2.75) is 13.3 Å². The lowest BCUT2D eigenvalue weighted by Gasteiger charge is -2.03. The Morgan fingerprint density at radius 1 is 1.57 bits per heavy atom. The van der Waals surface area contributed by atoms with Crippen molar-refractivity contribution in [1.29, 1.82) is 0 Å². The van der Waals surface area contributed by atoms with Gasteiger partial charge in [0.2, 0.25) is 0 Å². The van der Waals surface area contributed by atoms with Crippen LogP contribution in [0, 0.1) is 0 Å². The van der Waals surface area contributed by atoms with Crippen LogP contribution in [0.25, 0.3) is 0 Å². The van der Waals surface area contributed by atoms with Crippen LogP contribution in [0.15, 0.2) is 6.07 Å². The molecular formula is C9H11Cl2NO2. The van der Waals surface area contributed by atoms with Crippen molar-refractivity contribution in [3.05, 3.63) is 21.9 Å². The Hall–Kier alpha value is -0.670. The minimum Gasteiger partial charge on any atom is -0.461 e. The van der Waals surface area contributed by atoms with Gasteiger partial charge in [0.1, 0.15) is 10.8 Å². The van der Waals surface area contributed by atoms with Gasteiger partial charge in [0.05, 0.1) is 11.6 Å². The summed E-state index contributed by atoms with van der Waals surface area (Å²) in [5.41, 5.74) is 0.369. The van der Waals surface area contributed by atoms with E-state index in [4.69, 9.17) is 27.9 Å². The fourth-order valence-corrected chi connectivity index (χ4v) is 1.38. The van der Waals surface area contributed by atoms with Gasteiger partial charge in [0.25, 0.3) is 0 Å². The first-order valence-electron chi connectivity index (χ1n) is 4.25. The van der Waals surface area contributed by atoms with E-state index >= 15 is 0 Å². The zero-order valence-electron chi connectivity index (χ0n) is 8.01. The lowest BCUT2D eigenvalue weighted by atomic mass is 10.4. The highest BCUT2D eigenvalue weighted by molar-refractivity contribution is 6.41. The van der Waals surface area contributed by atoms with Crippen LogP contribution in [0.3, 0.4) is 0 Å². The second-order valence-electron chi connectivity index (χ2n) is 2.86. The molecule has 14 heavy (non-hydrogen) atoms. The number of halogens is 2. The average molecular weight is 236 g/mol. The summed E-state index contributed by atoms with van der Waals surface area (Å²) >= 11 is 11.6. The second kappa shape index (κ2) is 4.71. The third-order valence-electron chi connectivity index (χ3n) is 1.76. The van der Waals surface area contributed by atoms with E-state index in [1.54, 1.807) is 7.05 Å². The molecule has 1 aromatic heterocycles. The predicted molar refractivity (Wildman–Crippen MR) is 56.0 cm³/mol. The van der Waals surface area contributed by atoms with Crippen molar-refractivity contribution >= 4 is 29.2 Å². The third-order valence-corrected chi connectivity index (χ3v) is 2.60. The number of ether oxygens (including phenoxy) is 1. The third kappa shape index (κ3) is 2.22. The monoisotopic (exact) mass is 235 g/mol. The molecule has 0 aromatic carbocycles. The van der Waals surface area contributed by atoms with Crippen LogP contribution >= 0.6 is 23.2 Å². The Balaban J connectivity index is 2.85. The van der Waals surface area contributed by atoms with Crippen LogP contribution in [0.2, 0.25) is 10.2 Å². The van der Waals surface area contributed by atoms with Crippen LogP contribution in [-0.2, 0) is 11.8 Å². The second-order valence-corrected chi connectivity index (χ2v) is 3.63. The quantitative estimate of drug-likeness (QED) is 0.755. The number of rotatable bonds is 3. The zero-order valence-corrected chi connectivity index (χ0v) is 9.52. The highest BCUT2D eigenvalue weighted by Gasteiger charge is 2.16. The topological polar surface area (TPSA) is 31.2 Å². The molecule has 1 heterocycles. The molecule has 0 aliphatic rings.